The lowest BCUT2D eigenvalue weighted by atomic mass is 9.93. The number of rotatable bonds is 1. The van der Waals surface area contributed by atoms with Gasteiger partial charge in [-0.3, -0.25) is 0 Å². The molecule has 0 heterocycles. The zero-order valence-electron chi connectivity index (χ0n) is 12.3. The van der Waals surface area contributed by atoms with E-state index in [1.807, 2.05) is 6.07 Å². The van der Waals surface area contributed by atoms with Crippen molar-refractivity contribution in [3.05, 3.63) is 67.1 Å². The molecular weight excluding hydrogens is 408 g/mol. The Hall–Kier alpha value is -1.13. The first-order valence-electron chi connectivity index (χ1n) is 7.25. The van der Waals surface area contributed by atoms with Crippen molar-refractivity contribution < 1.29 is 9.53 Å². The Morgan fingerprint density at radius 3 is 2.32 bits per heavy atom. The van der Waals surface area contributed by atoms with Crippen molar-refractivity contribution in [3.8, 4) is 0 Å². The predicted octanol–water partition coefficient (Wildman–Crippen LogP) is 4.88. The minimum atomic E-state index is -0.256. The van der Waals surface area contributed by atoms with Crippen molar-refractivity contribution in [2.45, 2.75) is 25.7 Å². The number of hydrogen-bond donors (Lipinski definition) is 0. The van der Waals surface area contributed by atoms with Crippen LogP contribution in [0.25, 0.3) is 0 Å². The molecule has 0 spiro atoms. The molecule has 6 rings (SSSR count). The third-order valence-electron chi connectivity index (χ3n) is 4.14. The van der Waals surface area contributed by atoms with Gasteiger partial charge in [-0.2, -0.15) is 0 Å². The molecule has 4 aliphatic carbocycles. The van der Waals surface area contributed by atoms with E-state index in [1.54, 1.807) is 0 Å². The second-order valence-electron chi connectivity index (χ2n) is 5.52. The largest absolute Gasteiger partial charge is 0.465 e. The molecule has 0 saturated carbocycles. The Balaban J connectivity index is 2.09. The fraction of sp³-hybridized carbons (Fsp3) is 0.278. The summed E-state index contributed by atoms with van der Waals surface area (Å²) in [6.45, 7) is 0. The summed E-state index contributed by atoms with van der Waals surface area (Å²) >= 11 is 7.31. The highest BCUT2D eigenvalue weighted by molar-refractivity contribution is 9.10. The van der Waals surface area contributed by atoms with E-state index in [-0.39, 0.29) is 5.97 Å². The van der Waals surface area contributed by atoms with Crippen LogP contribution < -0.4 is 0 Å². The van der Waals surface area contributed by atoms with Crippen LogP contribution in [0.1, 0.15) is 32.6 Å². The lowest BCUT2D eigenvalue weighted by Gasteiger charge is -2.15. The number of aryl methyl sites for hydroxylation is 4. The number of halogens is 2. The fourth-order valence-electron chi connectivity index (χ4n) is 2.86. The average Bonchev–Trinajstić information content (AvgIpc) is 2.50. The molecule has 0 aromatic heterocycles. The standard InChI is InChI=1S/C18H16Br2O2/c1-22-18(21)15-9-14-5-3-11-2-4-12(16(19)8-11)6-7-13(15)10-17(14)20/h2,4,8-10H,3,5-7H2,1H3. The maximum absolute atomic E-state index is 12.1. The van der Waals surface area contributed by atoms with Crippen molar-refractivity contribution in [1.29, 1.82) is 0 Å². The quantitative estimate of drug-likeness (QED) is 0.611. The van der Waals surface area contributed by atoms with Crippen molar-refractivity contribution in [3.63, 3.8) is 0 Å². The Labute approximate surface area is 147 Å². The molecule has 4 bridgehead atoms. The molecule has 0 amide bonds. The summed E-state index contributed by atoms with van der Waals surface area (Å²) in [7, 11) is 1.44. The lowest BCUT2D eigenvalue weighted by Crippen LogP contribution is -2.09. The Morgan fingerprint density at radius 1 is 0.909 bits per heavy atom. The molecule has 0 atom stereocenters. The monoisotopic (exact) mass is 422 g/mol. The van der Waals surface area contributed by atoms with Crippen molar-refractivity contribution in [2.75, 3.05) is 7.11 Å². The third kappa shape index (κ3) is 3.13. The van der Waals surface area contributed by atoms with Crippen LogP contribution in [0.15, 0.2) is 39.3 Å². The molecule has 0 N–H and O–H groups in total. The summed E-state index contributed by atoms with van der Waals surface area (Å²) in [5, 5.41) is 0. The van der Waals surface area contributed by atoms with Gasteiger partial charge in [-0.1, -0.05) is 44.0 Å². The molecule has 4 aliphatic rings. The molecule has 2 aromatic carbocycles. The zero-order valence-corrected chi connectivity index (χ0v) is 15.5. The highest BCUT2D eigenvalue weighted by Crippen LogP contribution is 2.28. The Bertz CT molecular complexity index is 738. The van der Waals surface area contributed by atoms with Gasteiger partial charge in [0.1, 0.15) is 0 Å². The maximum atomic E-state index is 12.1. The highest BCUT2D eigenvalue weighted by atomic mass is 79.9. The van der Waals surface area contributed by atoms with Crippen molar-refractivity contribution >= 4 is 37.8 Å². The van der Waals surface area contributed by atoms with E-state index in [0.717, 1.165) is 45.8 Å². The predicted molar refractivity (Wildman–Crippen MR) is 94.4 cm³/mol. The number of esters is 1. The van der Waals surface area contributed by atoms with E-state index in [4.69, 9.17) is 4.74 Å². The van der Waals surface area contributed by atoms with Gasteiger partial charge in [0.05, 0.1) is 12.7 Å². The van der Waals surface area contributed by atoms with Gasteiger partial charge in [0.25, 0.3) is 0 Å². The summed E-state index contributed by atoms with van der Waals surface area (Å²) < 4.78 is 7.18. The minimum Gasteiger partial charge on any atom is -0.465 e. The third-order valence-corrected chi connectivity index (χ3v) is 5.62. The Morgan fingerprint density at radius 2 is 1.59 bits per heavy atom. The summed E-state index contributed by atoms with van der Waals surface area (Å²) in [6.07, 6.45) is 3.52. The van der Waals surface area contributed by atoms with Gasteiger partial charge >= 0.3 is 5.97 Å². The second kappa shape index (κ2) is 6.55. The van der Waals surface area contributed by atoms with E-state index in [2.05, 4.69) is 56.1 Å². The first kappa shape index (κ1) is 15.8. The number of methoxy groups -OCH3 is 1. The average molecular weight is 424 g/mol. The number of ether oxygens (including phenoxy) is 1. The molecule has 22 heavy (non-hydrogen) atoms. The molecule has 4 heteroatoms. The number of carbonyl (C=O) groups excluding carboxylic acids is 1. The van der Waals surface area contributed by atoms with E-state index in [0.29, 0.717) is 5.56 Å². The first-order valence-corrected chi connectivity index (χ1v) is 8.84. The first-order chi connectivity index (χ1) is 10.6. The Kier molecular flexibility index (Phi) is 4.69. The van der Waals surface area contributed by atoms with Gasteiger partial charge in [0.2, 0.25) is 0 Å². The van der Waals surface area contributed by atoms with Crippen molar-refractivity contribution in [1.82, 2.24) is 0 Å². The SMILES string of the molecule is COC(=O)c1cc2c(Br)cc1CCc1ccc(cc1Br)CC2. The lowest BCUT2D eigenvalue weighted by molar-refractivity contribution is 0.0599. The fourth-order valence-corrected chi connectivity index (χ4v) is 4.07. The maximum Gasteiger partial charge on any atom is 0.338 e. The topological polar surface area (TPSA) is 26.3 Å². The van der Waals surface area contributed by atoms with Crippen LogP contribution in [-0.2, 0) is 30.4 Å². The summed E-state index contributed by atoms with van der Waals surface area (Å²) in [5.41, 5.74) is 5.42. The molecule has 2 aromatic rings. The molecule has 0 unspecified atom stereocenters. The van der Waals surface area contributed by atoms with Crippen LogP contribution in [0.4, 0.5) is 0 Å². The normalized spacial score (nSPS) is 13.6. The van der Waals surface area contributed by atoms with Crippen LogP contribution in [-0.4, -0.2) is 13.1 Å². The van der Waals surface area contributed by atoms with Gasteiger partial charge < -0.3 is 4.74 Å². The summed E-state index contributed by atoms with van der Waals surface area (Å²) in [4.78, 5) is 12.1. The van der Waals surface area contributed by atoms with Gasteiger partial charge in [-0.25, -0.2) is 4.79 Å². The van der Waals surface area contributed by atoms with Crippen LogP contribution in [0.3, 0.4) is 0 Å². The molecular formula is C18H16Br2O2. The van der Waals surface area contributed by atoms with Crippen LogP contribution in [0.2, 0.25) is 0 Å². The van der Waals surface area contributed by atoms with Gasteiger partial charge in [-0.15, -0.1) is 0 Å². The molecule has 0 fully saturated rings. The van der Waals surface area contributed by atoms with E-state index >= 15 is 0 Å². The van der Waals surface area contributed by atoms with Crippen molar-refractivity contribution in [2.24, 2.45) is 0 Å². The zero-order chi connectivity index (χ0) is 15.7. The molecule has 0 saturated heterocycles. The molecule has 2 nitrogen and oxygen atoms in total. The van der Waals surface area contributed by atoms with Gasteiger partial charge in [0, 0.05) is 8.95 Å². The van der Waals surface area contributed by atoms with E-state index < -0.39 is 0 Å². The number of hydrogen-bond acceptors (Lipinski definition) is 2. The molecule has 0 radical (unpaired) electrons. The van der Waals surface area contributed by atoms with Crippen LogP contribution >= 0.6 is 31.9 Å². The van der Waals surface area contributed by atoms with E-state index in [9.17, 15) is 4.79 Å². The summed E-state index contributed by atoms with van der Waals surface area (Å²) in [5.74, 6) is -0.256. The van der Waals surface area contributed by atoms with Crippen LogP contribution in [0.5, 0.6) is 0 Å². The number of benzene rings is 2. The molecule has 0 aliphatic heterocycles. The minimum absolute atomic E-state index is 0.256. The second-order valence-corrected chi connectivity index (χ2v) is 7.23. The highest BCUT2D eigenvalue weighted by Gasteiger charge is 2.17. The smallest absolute Gasteiger partial charge is 0.338 e. The van der Waals surface area contributed by atoms with Gasteiger partial charge in [-0.05, 0) is 66.1 Å². The molecule has 114 valence electrons. The van der Waals surface area contributed by atoms with Gasteiger partial charge in [0.15, 0.2) is 0 Å². The summed E-state index contributed by atoms with van der Waals surface area (Å²) in [6, 6.07) is 10.6. The van der Waals surface area contributed by atoms with Crippen LogP contribution in [0, 0.1) is 0 Å². The number of carbonyl (C=O) groups is 1. The van der Waals surface area contributed by atoms with E-state index in [1.165, 1.54) is 18.2 Å².